The molecule has 4 nitrogen and oxygen atoms in total. The molecule has 2 atom stereocenters. The van der Waals surface area contributed by atoms with Gasteiger partial charge < -0.3 is 9.84 Å². The number of aliphatic hydroxyl groups is 1. The standard InChI is InChI=1S/C15H24N2O2/c1-15(2)7-5-4-6-12(15)13(18)8-11-9-14(19-3)17-10-16-11/h9-10,12-13,18H,4-8H2,1-3H3. The molecule has 2 rings (SSSR count). The summed E-state index contributed by atoms with van der Waals surface area (Å²) >= 11 is 0. The van der Waals surface area contributed by atoms with E-state index in [9.17, 15) is 5.11 Å². The van der Waals surface area contributed by atoms with Crippen molar-refractivity contribution in [2.75, 3.05) is 7.11 Å². The van der Waals surface area contributed by atoms with Crippen LogP contribution in [0.4, 0.5) is 0 Å². The molecule has 1 aliphatic rings. The molecule has 1 fully saturated rings. The summed E-state index contributed by atoms with van der Waals surface area (Å²) in [5.41, 5.74) is 1.06. The Labute approximate surface area is 115 Å². The molecule has 2 unspecified atom stereocenters. The maximum absolute atomic E-state index is 10.5. The third-order valence-electron chi connectivity index (χ3n) is 4.38. The van der Waals surface area contributed by atoms with Crippen LogP contribution in [0.5, 0.6) is 5.88 Å². The molecule has 0 spiro atoms. The van der Waals surface area contributed by atoms with Crippen LogP contribution in [0.1, 0.15) is 45.2 Å². The van der Waals surface area contributed by atoms with Gasteiger partial charge in [-0.05, 0) is 24.2 Å². The summed E-state index contributed by atoms with van der Waals surface area (Å²) in [5, 5.41) is 10.5. The minimum Gasteiger partial charge on any atom is -0.481 e. The Kier molecular flexibility index (Phi) is 4.40. The van der Waals surface area contributed by atoms with E-state index in [4.69, 9.17) is 4.74 Å². The van der Waals surface area contributed by atoms with Crippen molar-refractivity contribution in [3.05, 3.63) is 18.1 Å². The van der Waals surface area contributed by atoms with Crippen molar-refractivity contribution in [1.82, 2.24) is 9.97 Å². The van der Waals surface area contributed by atoms with E-state index in [-0.39, 0.29) is 11.5 Å². The fraction of sp³-hybridized carbons (Fsp3) is 0.733. The molecular weight excluding hydrogens is 240 g/mol. The van der Waals surface area contributed by atoms with Crippen LogP contribution in [0, 0.1) is 11.3 Å². The quantitative estimate of drug-likeness (QED) is 0.908. The molecule has 1 N–H and O–H groups in total. The van der Waals surface area contributed by atoms with Crippen LogP contribution in [-0.2, 0) is 6.42 Å². The number of methoxy groups -OCH3 is 1. The summed E-state index contributed by atoms with van der Waals surface area (Å²) in [5.74, 6) is 0.905. The highest BCUT2D eigenvalue weighted by atomic mass is 16.5. The number of nitrogens with zero attached hydrogens (tertiary/aromatic N) is 2. The van der Waals surface area contributed by atoms with Crippen molar-refractivity contribution >= 4 is 0 Å². The number of ether oxygens (including phenoxy) is 1. The first-order valence-electron chi connectivity index (χ1n) is 7.06. The first-order chi connectivity index (χ1) is 9.03. The number of aliphatic hydroxyl groups excluding tert-OH is 1. The molecule has 4 heteroatoms. The molecule has 0 aliphatic heterocycles. The molecule has 1 heterocycles. The van der Waals surface area contributed by atoms with Crippen molar-refractivity contribution in [3.8, 4) is 5.88 Å². The highest BCUT2D eigenvalue weighted by Gasteiger charge is 2.36. The van der Waals surface area contributed by atoms with Gasteiger partial charge in [-0.2, -0.15) is 0 Å². The summed E-state index contributed by atoms with van der Waals surface area (Å²) in [6.07, 6.45) is 6.53. The lowest BCUT2D eigenvalue weighted by Crippen LogP contribution is -2.38. The van der Waals surface area contributed by atoms with E-state index in [0.717, 1.165) is 12.1 Å². The lowest BCUT2D eigenvalue weighted by atomic mass is 9.66. The molecule has 0 saturated heterocycles. The van der Waals surface area contributed by atoms with Crippen LogP contribution in [0.15, 0.2) is 12.4 Å². The summed E-state index contributed by atoms with van der Waals surface area (Å²) < 4.78 is 5.09. The minimum atomic E-state index is -0.338. The second-order valence-corrected chi connectivity index (χ2v) is 6.16. The number of hydrogen-bond acceptors (Lipinski definition) is 4. The highest BCUT2D eigenvalue weighted by Crippen LogP contribution is 2.42. The van der Waals surface area contributed by atoms with Crippen molar-refractivity contribution in [2.24, 2.45) is 11.3 Å². The zero-order chi connectivity index (χ0) is 13.9. The molecule has 1 aromatic heterocycles. The molecule has 106 valence electrons. The van der Waals surface area contributed by atoms with Gasteiger partial charge in [-0.25, -0.2) is 9.97 Å². The van der Waals surface area contributed by atoms with E-state index in [1.165, 1.54) is 25.6 Å². The first kappa shape index (κ1) is 14.3. The van der Waals surface area contributed by atoms with Crippen LogP contribution in [-0.4, -0.2) is 28.3 Å². The van der Waals surface area contributed by atoms with Crippen LogP contribution in [0.2, 0.25) is 0 Å². The van der Waals surface area contributed by atoms with Gasteiger partial charge in [0.25, 0.3) is 0 Å². The monoisotopic (exact) mass is 264 g/mol. The van der Waals surface area contributed by atoms with Gasteiger partial charge in [-0.3, -0.25) is 0 Å². The van der Waals surface area contributed by atoms with E-state index in [0.29, 0.717) is 18.2 Å². The molecule has 0 amide bonds. The zero-order valence-electron chi connectivity index (χ0n) is 12.1. The molecular formula is C15H24N2O2. The summed E-state index contributed by atoms with van der Waals surface area (Å²) in [7, 11) is 1.59. The van der Waals surface area contributed by atoms with Crippen LogP contribution >= 0.6 is 0 Å². The third-order valence-corrected chi connectivity index (χ3v) is 4.38. The van der Waals surface area contributed by atoms with E-state index in [2.05, 4.69) is 23.8 Å². The van der Waals surface area contributed by atoms with Gasteiger partial charge in [0.2, 0.25) is 5.88 Å². The Hall–Kier alpha value is -1.16. The number of hydrogen-bond donors (Lipinski definition) is 1. The van der Waals surface area contributed by atoms with Crippen LogP contribution in [0.25, 0.3) is 0 Å². The number of rotatable bonds is 4. The fourth-order valence-electron chi connectivity index (χ4n) is 3.19. The smallest absolute Gasteiger partial charge is 0.216 e. The van der Waals surface area contributed by atoms with Gasteiger partial charge in [-0.1, -0.05) is 26.7 Å². The van der Waals surface area contributed by atoms with Crippen molar-refractivity contribution in [3.63, 3.8) is 0 Å². The Morgan fingerprint density at radius 2 is 2.21 bits per heavy atom. The summed E-state index contributed by atoms with van der Waals surface area (Å²) in [4.78, 5) is 8.21. The maximum atomic E-state index is 10.5. The Morgan fingerprint density at radius 3 is 2.89 bits per heavy atom. The van der Waals surface area contributed by atoms with Gasteiger partial charge in [0.15, 0.2) is 0 Å². The molecule has 0 bridgehead atoms. The predicted molar refractivity (Wildman–Crippen MR) is 74.0 cm³/mol. The average Bonchev–Trinajstić information content (AvgIpc) is 2.38. The largest absolute Gasteiger partial charge is 0.481 e. The van der Waals surface area contributed by atoms with E-state index in [1.807, 2.05) is 0 Å². The number of aromatic nitrogens is 2. The van der Waals surface area contributed by atoms with E-state index in [1.54, 1.807) is 13.2 Å². The zero-order valence-corrected chi connectivity index (χ0v) is 12.1. The van der Waals surface area contributed by atoms with Gasteiger partial charge in [0, 0.05) is 12.5 Å². The van der Waals surface area contributed by atoms with Gasteiger partial charge in [0.05, 0.1) is 18.9 Å². The highest BCUT2D eigenvalue weighted by molar-refractivity contribution is 5.14. The summed E-state index contributed by atoms with van der Waals surface area (Å²) in [6.45, 7) is 4.53. The Morgan fingerprint density at radius 1 is 1.42 bits per heavy atom. The lowest BCUT2D eigenvalue weighted by molar-refractivity contribution is 0.00528. The van der Waals surface area contributed by atoms with Crippen molar-refractivity contribution in [1.29, 1.82) is 0 Å². The SMILES string of the molecule is COc1cc(CC(O)C2CCCCC2(C)C)ncn1. The Balaban J connectivity index is 2.05. The minimum absolute atomic E-state index is 0.217. The molecule has 19 heavy (non-hydrogen) atoms. The lowest BCUT2D eigenvalue weighted by Gasteiger charge is -2.41. The molecule has 0 aromatic carbocycles. The van der Waals surface area contributed by atoms with Crippen LogP contribution < -0.4 is 4.74 Å². The Bertz CT molecular complexity index is 420. The average molecular weight is 264 g/mol. The van der Waals surface area contributed by atoms with Gasteiger partial charge in [0.1, 0.15) is 6.33 Å². The van der Waals surface area contributed by atoms with Gasteiger partial charge in [-0.15, -0.1) is 0 Å². The maximum Gasteiger partial charge on any atom is 0.216 e. The second kappa shape index (κ2) is 5.87. The third kappa shape index (κ3) is 3.44. The predicted octanol–water partition coefficient (Wildman–Crippen LogP) is 2.61. The fourth-order valence-corrected chi connectivity index (χ4v) is 3.19. The van der Waals surface area contributed by atoms with Gasteiger partial charge >= 0.3 is 0 Å². The van der Waals surface area contributed by atoms with E-state index >= 15 is 0 Å². The second-order valence-electron chi connectivity index (χ2n) is 6.16. The molecule has 1 aliphatic carbocycles. The van der Waals surface area contributed by atoms with E-state index < -0.39 is 0 Å². The molecule has 0 radical (unpaired) electrons. The van der Waals surface area contributed by atoms with Crippen LogP contribution in [0.3, 0.4) is 0 Å². The topological polar surface area (TPSA) is 55.2 Å². The normalized spacial score (nSPS) is 23.9. The molecule has 1 aromatic rings. The molecule has 1 saturated carbocycles. The van der Waals surface area contributed by atoms with Crippen molar-refractivity contribution < 1.29 is 9.84 Å². The van der Waals surface area contributed by atoms with Crippen molar-refractivity contribution in [2.45, 2.75) is 52.1 Å². The summed E-state index contributed by atoms with van der Waals surface area (Å²) in [6, 6.07) is 1.80. The first-order valence-corrected chi connectivity index (χ1v) is 7.06.